The summed E-state index contributed by atoms with van der Waals surface area (Å²) in [6.45, 7) is 0. The van der Waals surface area contributed by atoms with E-state index in [2.05, 4.69) is 15.9 Å². The van der Waals surface area contributed by atoms with Crippen molar-refractivity contribution >= 4 is 39.1 Å². The van der Waals surface area contributed by atoms with Crippen LogP contribution < -0.4 is 0 Å². The summed E-state index contributed by atoms with van der Waals surface area (Å²) in [6, 6.07) is 3.88. The Kier molecular flexibility index (Phi) is 6.19. The Morgan fingerprint density at radius 3 is 2.36 bits per heavy atom. The second kappa shape index (κ2) is 7.92. The highest BCUT2D eigenvalue weighted by molar-refractivity contribution is 9.09. The zero-order valence-corrected chi connectivity index (χ0v) is 14.3. The SMILES string of the molecule is O=[N+]([O-])c1ccc(S[C@@H]2CCCCCC[C@H]2Br)c([N+](=O)[O-])c1. The number of thioether (sulfide) groups is 1. The molecule has 1 aliphatic carbocycles. The van der Waals surface area contributed by atoms with Crippen molar-refractivity contribution in [2.24, 2.45) is 0 Å². The fraction of sp³-hybridized carbons (Fsp3) is 0.571. The lowest BCUT2D eigenvalue weighted by atomic mass is 10.0. The molecule has 0 aromatic heterocycles. The van der Waals surface area contributed by atoms with Crippen molar-refractivity contribution in [3.63, 3.8) is 0 Å². The fourth-order valence-electron chi connectivity index (χ4n) is 2.56. The van der Waals surface area contributed by atoms with E-state index in [1.807, 2.05) is 0 Å². The van der Waals surface area contributed by atoms with Crippen LogP contribution in [0.1, 0.15) is 38.5 Å². The predicted octanol–water partition coefficient (Wildman–Crippen LogP) is 5.08. The van der Waals surface area contributed by atoms with E-state index in [4.69, 9.17) is 0 Å². The first-order valence-corrected chi connectivity index (χ1v) is 9.02. The minimum absolute atomic E-state index is 0.180. The van der Waals surface area contributed by atoms with Gasteiger partial charge in [0.25, 0.3) is 11.4 Å². The van der Waals surface area contributed by atoms with Gasteiger partial charge in [0.1, 0.15) is 0 Å². The van der Waals surface area contributed by atoms with Crippen molar-refractivity contribution < 1.29 is 9.85 Å². The van der Waals surface area contributed by atoms with Crippen molar-refractivity contribution in [3.8, 4) is 0 Å². The molecule has 2 atom stereocenters. The van der Waals surface area contributed by atoms with Crippen LogP contribution in [0.25, 0.3) is 0 Å². The second-order valence-electron chi connectivity index (χ2n) is 5.33. The first-order chi connectivity index (χ1) is 10.5. The topological polar surface area (TPSA) is 86.3 Å². The normalized spacial score (nSPS) is 22.6. The quantitative estimate of drug-likeness (QED) is 0.407. The number of nitrogens with zero attached hydrogens (tertiary/aromatic N) is 2. The smallest absolute Gasteiger partial charge is 0.258 e. The first kappa shape index (κ1) is 17.2. The molecule has 8 heteroatoms. The van der Waals surface area contributed by atoms with E-state index >= 15 is 0 Å². The summed E-state index contributed by atoms with van der Waals surface area (Å²) in [5.41, 5.74) is -0.426. The lowest BCUT2D eigenvalue weighted by Gasteiger charge is -2.24. The summed E-state index contributed by atoms with van der Waals surface area (Å²) >= 11 is 5.16. The number of benzene rings is 1. The van der Waals surface area contributed by atoms with E-state index in [9.17, 15) is 20.2 Å². The molecule has 0 bridgehead atoms. The minimum Gasteiger partial charge on any atom is -0.258 e. The molecule has 2 rings (SSSR count). The van der Waals surface area contributed by atoms with Crippen molar-refractivity contribution in [2.45, 2.75) is 53.5 Å². The number of nitro groups is 2. The molecule has 22 heavy (non-hydrogen) atoms. The van der Waals surface area contributed by atoms with E-state index in [0.29, 0.717) is 9.72 Å². The molecular formula is C14H17BrN2O4S. The summed E-state index contributed by atoms with van der Waals surface area (Å²) in [6.07, 6.45) is 6.75. The Labute approximate surface area is 141 Å². The molecule has 120 valence electrons. The highest BCUT2D eigenvalue weighted by Gasteiger charge is 2.26. The Hall–Kier alpha value is -1.15. The maximum absolute atomic E-state index is 11.2. The van der Waals surface area contributed by atoms with Crippen LogP contribution in [0.15, 0.2) is 23.1 Å². The molecule has 0 spiro atoms. The molecule has 0 radical (unpaired) electrons. The zero-order valence-electron chi connectivity index (χ0n) is 11.9. The Morgan fingerprint density at radius 1 is 1.05 bits per heavy atom. The number of non-ortho nitro benzene ring substituents is 1. The molecule has 1 fully saturated rings. The van der Waals surface area contributed by atoms with Gasteiger partial charge in [-0.1, -0.05) is 41.6 Å². The zero-order chi connectivity index (χ0) is 16.1. The Bertz CT molecular complexity index is 570. The monoisotopic (exact) mass is 388 g/mol. The van der Waals surface area contributed by atoms with E-state index in [1.165, 1.54) is 36.7 Å². The van der Waals surface area contributed by atoms with Crippen LogP contribution in [-0.2, 0) is 0 Å². The number of hydrogen-bond donors (Lipinski definition) is 0. The van der Waals surface area contributed by atoms with Gasteiger partial charge in [-0.25, -0.2) is 0 Å². The molecule has 0 N–H and O–H groups in total. The van der Waals surface area contributed by atoms with E-state index in [-0.39, 0.29) is 16.6 Å². The van der Waals surface area contributed by atoms with Gasteiger partial charge in [0.15, 0.2) is 0 Å². The molecule has 0 amide bonds. The van der Waals surface area contributed by atoms with Gasteiger partial charge in [0, 0.05) is 16.1 Å². The average molecular weight is 389 g/mol. The summed E-state index contributed by atoms with van der Waals surface area (Å²) in [4.78, 5) is 21.7. The maximum atomic E-state index is 11.2. The van der Waals surface area contributed by atoms with Gasteiger partial charge in [-0.2, -0.15) is 0 Å². The molecule has 0 saturated heterocycles. The molecule has 1 saturated carbocycles. The number of alkyl halides is 1. The highest BCUT2D eigenvalue weighted by atomic mass is 79.9. The standard InChI is InChI=1S/C14H17BrN2O4S/c15-11-5-3-1-2-4-6-13(11)22-14-8-7-10(16(18)19)9-12(14)17(20)21/h7-9,11,13H,1-6H2/t11-,13-/m1/s1. The van der Waals surface area contributed by atoms with Crippen LogP contribution >= 0.6 is 27.7 Å². The van der Waals surface area contributed by atoms with Crippen LogP contribution in [0, 0.1) is 20.2 Å². The molecule has 0 heterocycles. The summed E-state index contributed by atoms with van der Waals surface area (Å²) < 4.78 is 0. The third-order valence-electron chi connectivity index (χ3n) is 3.75. The van der Waals surface area contributed by atoms with E-state index in [1.54, 1.807) is 0 Å². The molecule has 1 aliphatic rings. The van der Waals surface area contributed by atoms with Crippen molar-refractivity contribution in [3.05, 3.63) is 38.4 Å². The fourth-order valence-corrected chi connectivity index (χ4v) is 4.77. The third-order valence-corrected chi connectivity index (χ3v) is 6.66. The predicted molar refractivity (Wildman–Crippen MR) is 89.8 cm³/mol. The van der Waals surface area contributed by atoms with Crippen molar-refractivity contribution in [1.29, 1.82) is 0 Å². The van der Waals surface area contributed by atoms with Gasteiger partial charge in [0.05, 0.1) is 20.8 Å². The van der Waals surface area contributed by atoms with Gasteiger partial charge in [-0.05, 0) is 18.9 Å². The number of hydrogen-bond acceptors (Lipinski definition) is 5. The van der Waals surface area contributed by atoms with E-state index in [0.717, 1.165) is 31.7 Å². The lowest BCUT2D eigenvalue weighted by Crippen LogP contribution is -2.19. The van der Waals surface area contributed by atoms with Crippen LogP contribution in [0.4, 0.5) is 11.4 Å². The summed E-state index contributed by atoms with van der Waals surface area (Å²) in [5, 5.41) is 22.2. The molecule has 0 unspecified atom stereocenters. The van der Waals surface area contributed by atoms with Gasteiger partial charge in [-0.15, -0.1) is 11.8 Å². The molecule has 1 aromatic rings. The molecule has 6 nitrogen and oxygen atoms in total. The van der Waals surface area contributed by atoms with Gasteiger partial charge in [0.2, 0.25) is 0 Å². The Balaban J connectivity index is 2.23. The summed E-state index contributed by atoms with van der Waals surface area (Å²) in [5.74, 6) is 0. The molecular weight excluding hydrogens is 372 g/mol. The number of nitro benzene ring substituents is 2. The highest BCUT2D eigenvalue weighted by Crippen LogP contribution is 2.40. The molecule has 0 aliphatic heterocycles. The van der Waals surface area contributed by atoms with Crippen molar-refractivity contribution in [2.75, 3.05) is 0 Å². The molecule has 1 aromatic carbocycles. The number of halogens is 1. The minimum atomic E-state index is -0.607. The third kappa shape index (κ3) is 4.42. The second-order valence-corrected chi connectivity index (χ2v) is 7.79. The maximum Gasteiger partial charge on any atom is 0.289 e. The van der Waals surface area contributed by atoms with Crippen LogP contribution in [0.5, 0.6) is 0 Å². The Morgan fingerprint density at radius 2 is 1.73 bits per heavy atom. The van der Waals surface area contributed by atoms with Gasteiger partial charge < -0.3 is 0 Å². The van der Waals surface area contributed by atoms with Crippen LogP contribution in [-0.4, -0.2) is 19.9 Å². The first-order valence-electron chi connectivity index (χ1n) is 7.22. The summed E-state index contributed by atoms with van der Waals surface area (Å²) in [7, 11) is 0. The van der Waals surface area contributed by atoms with E-state index < -0.39 is 9.85 Å². The van der Waals surface area contributed by atoms with Gasteiger partial charge >= 0.3 is 0 Å². The largest absolute Gasteiger partial charge is 0.289 e. The lowest BCUT2D eigenvalue weighted by molar-refractivity contribution is -0.396. The van der Waals surface area contributed by atoms with Gasteiger partial charge in [-0.3, -0.25) is 20.2 Å². The van der Waals surface area contributed by atoms with Crippen LogP contribution in [0.3, 0.4) is 0 Å². The van der Waals surface area contributed by atoms with Crippen LogP contribution in [0.2, 0.25) is 0 Å². The number of rotatable bonds is 4. The average Bonchev–Trinajstić information content (AvgIpc) is 2.46. The van der Waals surface area contributed by atoms with Crippen molar-refractivity contribution in [1.82, 2.24) is 0 Å².